The van der Waals surface area contributed by atoms with Gasteiger partial charge in [-0.15, -0.1) is 5.73 Å². The molecule has 84 valence electrons. The molecule has 1 amide bonds. The van der Waals surface area contributed by atoms with Crippen LogP contribution in [0.3, 0.4) is 0 Å². The third-order valence-electron chi connectivity index (χ3n) is 2.23. The Balaban J connectivity index is 2.51. The number of benzene rings is 1. The molecule has 0 aliphatic rings. The SMILES string of the molecule is C=C=CC(=O)N(C)CCc1cccc(F)c1. The molecular weight excluding hydrogens is 205 g/mol. The Labute approximate surface area is 94.7 Å². The van der Waals surface area contributed by atoms with Gasteiger partial charge in [-0.2, -0.15) is 0 Å². The van der Waals surface area contributed by atoms with E-state index in [2.05, 4.69) is 12.3 Å². The second-order valence-electron chi connectivity index (χ2n) is 3.49. The Morgan fingerprint density at radius 1 is 1.62 bits per heavy atom. The average Bonchev–Trinajstić information content (AvgIpc) is 2.26. The van der Waals surface area contributed by atoms with Crippen LogP contribution in [0.4, 0.5) is 4.39 Å². The van der Waals surface area contributed by atoms with Gasteiger partial charge < -0.3 is 4.90 Å². The number of amides is 1. The summed E-state index contributed by atoms with van der Waals surface area (Å²) in [6.07, 6.45) is 1.91. The highest BCUT2D eigenvalue weighted by atomic mass is 19.1. The van der Waals surface area contributed by atoms with Gasteiger partial charge in [0.15, 0.2) is 0 Å². The molecule has 0 atom stereocenters. The van der Waals surface area contributed by atoms with Gasteiger partial charge in [-0.3, -0.25) is 4.79 Å². The number of rotatable bonds is 4. The molecule has 0 fully saturated rings. The van der Waals surface area contributed by atoms with Gasteiger partial charge in [-0.1, -0.05) is 18.7 Å². The molecule has 0 aromatic heterocycles. The Bertz CT molecular complexity index is 422. The zero-order valence-corrected chi connectivity index (χ0v) is 9.24. The molecule has 0 heterocycles. The molecule has 0 saturated heterocycles. The summed E-state index contributed by atoms with van der Waals surface area (Å²) in [5.41, 5.74) is 3.31. The number of halogens is 1. The van der Waals surface area contributed by atoms with Crippen LogP contribution in [0.25, 0.3) is 0 Å². The highest BCUT2D eigenvalue weighted by Crippen LogP contribution is 2.04. The lowest BCUT2D eigenvalue weighted by Crippen LogP contribution is -2.26. The quantitative estimate of drug-likeness (QED) is 0.561. The molecule has 0 bridgehead atoms. The summed E-state index contributed by atoms with van der Waals surface area (Å²) in [5, 5.41) is 0. The first-order valence-electron chi connectivity index (χ1n) is 4.99. The molecule has 0 saturated carbocycles. The summed E-state index contributed by atoms with van der Waals surface area (Å²) >= 11 is 0. The van der Waals surface area contributed by atoms with E-state index in [0.717, 1.165) is 5.56 Å². The van der Waals surface area contributed by atoms with Gasteiger partial charge in [-0.05, 0) is 24.1 Å². The summed E-state index contributed by atoms with van der Waals surface area (Å²) < 4.78 is 12.9. The van der Waals surface area contributed by atoms with Crippen LogP contribution >= 0.6 is 0 Å². The Morgan fingerprint density at radius 3 is 3.00 bits per heavy atom. The van der Waals surface area contributed by atoms with Crippen LogP contribution in [0.5, 0.6) is 0 Å². The summed E-state index contributed by atoms with van der Waals surface area (Å²) in [6, 6.07) is 6.38. The zero-order valence-electron chi connectivity index (χ0n) is 9.24. The van der Waals surface area contributed by atoms with Crippen molar-refractivity contribution in [3.63, 3.8) is 0 Å². The van der Waals surface area contributed by atoms with Crippen molar-refractivity contribution in [2.45, 2.75) is 6.42 Å². The maximum absolute atomic E-state index is 12.9. The van der Waals surface area contributed by atoms with Crippen LogP contribution in [0.15, 0.2) is 42.7 Å². The van der Waals surface area contributed by atoms with Gasteiger partial charge >= 0.3 is 0 Å². The van der Waals surface area contributed by atoms with E-state index in [1.54, 1.807) is 18.0 Å². The summed E-state index contributed by atoms with van der Waals surface area (Å²) in [6.45, 7) is 3.88. The number of carbonyl (C=O) groups excluding carboxylic acids is 1. The highest BCUT2D eigenvalue weighted by Gasteiger charge is 2.04. The maximum Gasteiger partial charge on any atom is 0.254 e. The number of carbonyl (C=O) groups is 1. The van der Waals surface area contributed by atoms with Crippen molar-refractivity contribution in [3.8, 4) is 0 Å². The lowest BCUT2D eigenvalue weighted by Gasteiger charge is -2.14. The first-order chi connectivity index (χ1) is 7.63. The molecule has 3 heteroatoms. The second kappa shape index (κ2) is 5.89. The number of likely N-dealkylation sites (N-methyl/N-ethyl adjacent to an activating group) is 1. The fraction of sp³-hybridized carbons (Fsp3) is 0.231. The van der Waals surface area contributed by atoms with Crippen LogP contribution in [-0.4, -0.2) is 24.4 Å². The number of hydrogen-bond donors (Lipinski definition) is 0. The molecule has 0 unspecified atom stereocenters. The van der Waals surface area contributed by atoms with Gasteiger partial charge in [0, 0.05) is 19.7 Å². The summed E-state index contributed by atoms with van der Waals surface area (Å²) in [7, 11) is 1.69. The van der Waals surface area contributed by atoms with Crippen LogP contribution in [-0.2, 0) is 11.2 Å². The van der Waals surface area contributed by atoms with E-state index in [1.807, 2.05) is 6.07 Å². The molecule has 1 aromatic carbocycles. The zero-order chi connectivity index (χ0) is 12.0. The van der Waals surface area contributed by atoms with Gasteiger partial charge in [0.2, 0.25) is 0 Å². The Kier molecular flexibility index (Phi) is 4.49. The minimum absolute atomic E-state index is 0.147. The first-order valence-corrected chi connectivity index (χ1v) is 4.99. The normalized spacial score (nSPS) is 9.38. The van der Waals surface area contributed by atoms with E-state index in [-0.39, 0.29) is 11.7 Å². The Morgan fingerprint density at radius 2 is 2.38 bits per heavy atom. The van der Waals surface area contributed by atoms with Crippen molar-refractivity contribution in [1.29, 1.82) is 0 Å². The average molecular weight is 219 g/mol. The minimum Gasteiger partial charge on any atom is -0.341 e. The fourth-order valence-corrected chi connectivity index (χ4v) is 1.30. The molecule has 0 aliphatic carbocycles. The maximum atomic E-state index is 12.9. The van der Waals surface area contributed by atoms with Gasteiger partial charge in [0.1, 0.15) is 5.82 Å². The molecule has 0 aliphatic heterocycles. The predicted molar refractivity (Wildman–Crippen MR) is 61.5 cm³/mol. The third kappa shape index (κ3) is 3.71. The predicted octanol–water partition coefficient (Wildman–Crippen LogP) is 2.17. The van der Waals surface area contributed by atoms with E-state index < -0.39 is 0 Å². The number of nitrogens with zero attached hydrogens (tertiary/aromatic N) is 1. The lowest BCUT2D eigenvalue weighted by atomic mass is 10.1. The molecule has 0 spiro atoms. The molecule has 2 nitrogen and oxygen atoms in total. The van der Waals surface area contributed by atoms with Crippen LogP contribution < -0.4 is 0 Å². The van der Waals surface area contributed by atoms with E-state index >= 15 is 0 Å². The minimum atomic E-state index is -0.252. The standard InChI is InChI=1S/C13H14FNO/c1-3-5-13(16)15(2)9-8-11-6-4-7-12(14)10-11/h4-7,10H,1,8-9H2,2H3. The van der Waals surface area contributed by atoms with Gasteiger partial charge in [-0.25, -0.2) is 4.39 Å². The largest absolute Gasteiger partial charge is 0.341 e. The molecule has 1 rings (SSSR count). The van der Waals surface area contributed by atoms with Crippen molar-refractivity contribution >= 4 is 5.91 Å². The van der Waals surface area contributed by atoms with Crippen molar-refractivity contribution in [2.24, 2.45) is 0 Å². The van der Waals surface area contributed by atoms with E-state index in [9.17, 15) is 9.18 Å². The summed E-state index contributed by atoms with van der Waals surface area (Å²) in [4.78, 5) is 12.9. The van der Waals surface area contributed by atoms with Crippen LogP contribution in [0, 0.1) is 5.82 Å². The number of hydrogen-bond acceptors (Lipinski definition) is 1. The van der Waals surface area contributed by atoms with Gasteiger partial charge in [0.25, 0.3) is 5.91 Å². The van der Waals surface area contributed by atoms with Crippen molar-refractivity contribution in [1.82, 2.24) is 4.90 Å². The lowest BCUT2D eigenvalue weighted by molar-refractivity contribution is -0.124. The molecule has 0 N–H and O–H groups in total. The third-order valence-corrected chi connectivity index (χ3v) is 2.23. The van der Waals surface area contributed by atoms with Crippen LogP contribution in [0.1, 0.15) is 5.56 Å². The molecule has 1 aromatic rings. The van der Waals surface area contributed by atoms with E-state index in [4.69, 9.17) is 0 Å². The van der Waals surface area contributed by atoms with Crippen LogP contribution in [0.2, 0.25) is 0 Å². The van der Waals surface area contributed by atoms with Crippen molar-refractivity contribution < 1.29 is 9.18 Å². The fourth-order valence-electron chi connectivity index (χ4n) is 1.30. The monoisotopic (exact) mass is 219 g/mol. The van der Waals surface area contributed by atoms with Crippen molar-refractivity contribution in [3.05, 3.63) is 54.0 Å². The van der Waals surface area contributed by atoms with E-state index in [0.29, 0.717) is 13.0 Å². The molecular formula is C13H14FNO. The molecule has 0 radical (unpaired) electrons. The smallest absolute Gasteiger partial charge is 0.254 e. The second-order valence-corrected chi connectivity index (χ2v) is 3.49. The topological polar surface area (TPSA) is 20.3 Å². The van der Waals surface area contributed by atoms with Gasteiger partial charge in [0.05, 0.1) is 0 Å². The molecule has 16 heavy (non-hydrogen) atoms. The highest BCUT2D eigenvalue weighted by molar-refractivity contribution is 5.87. The van der Waals surface area contributed by atoms with E-state index in [1.165, 1.54) is 18.2 Å². The Hall–Kier alpha value is -1.86. The summed E-state index contributed by atoms with van der Waals surface area (Å²) in [5.74, 6) is -0.399. The first kappa shape index (κ1) is 12.2. The van der Waals surface area contributed by atoms with Crippen molar-refractivity contribution in [2.75, 3.05) is 13.6 Å².